The summed E-state index contributed by atoms with van der Waals surface area (Å²) in [5.41, 5.74) is 7.64. The summed E-state index contributed by atoms with van der Waals surface area (Å²) in [6.07, 6.45) is 1.25. The van der Waals surface area contributed by atoms with Crippen LogP contribution in [0.25, 0.3) is 0 Å². The molecule has 0 spiro atoms. The van der Waals surface area contributed by atoms with Gasteiger partial charge >= 0.3 is 0 Å². The summed E-state index contributed by atoms with van der Waals surface area (Å²) < 4.78 is 11.1. The molecule has 1 aliphatic rings. The Kier molecular flexibility index (Phi) is 4.53. The summed E-state index contributed by atoms with van der Waals surface area (Å²) in [5, 5.41) is 3.51. The number of ether oxygens (including phenoxy) is 2. The molecule has 1 aromatic carbocycles. The predicted octanol–water partition coefficient (Wildman–Crippen LogP) is 2.89. The van der Waals surface area contributed by atoms with E-state index in [1.54, 1.807) is 0 Å². The topological polar surface area (TPSA) is 56.5 Å². The van der Waals surface area contributed by atoms with Gasteiger partial charge in [0.05, 0.1) is 18.4 Å². The Hall–Kier alpha value is -1.42. The van der Waals surface area contributed by atoms with Gasteiger partial charge in [-0.2, -0.15) is 0 Å². The minimum Gasteiger partial charge on any atom is -0.489 e. The number of nitrogens with two attached hydrogens (primary N) is 1. The van der Waals surface area contributed by atoms with Crippen molar-refractivity contribution in [2.45, 2.75) is 39.3 Å². The van der Waals surface area contributed by atoms with Gasteiger partial charge in [-0.1, -0.05) is 0 Å². The van der Waals surface area contributed by atoms with Crippen molar-refractivity contribution < 1.29 is 9.47 Å². The van der Waals surface area contributed by atoms with Crippen LogP contribution in [-0.4, -0.2) is 25.4 Å². The van der Waals surface area contributed by atoms with Crippen LogP contribution < -0.4 is 15.8 Å². The lowest BCUT2D eigenvalue weighted by atomic mass is 10.0. The van der Waals surface area contributed by atoms with Crippen LogP contribution in [0.2, 0.25) is 0 Å². The zero-order chi connectivity index (χ0) is 13.8. The molecular weight excluding hydrogens is 240 g/mol. The third kappa shape index (κ3) is 3.77. The Morgan fingerprint density at radius 1 is 1.37 bits per heavy atom. The first kappa shape index (κ1) is 14.0. The molecule has 1 saturated heterocycles. The maximum Gasteiger partial charge on any atom is 0.144 e. The van der Waals surface area contributed by atoms with Crippen molar-refractivity contribution in [2.75, 3.05) is 24.3 Å². The highest BCUT2D eigenvalue weighted by atomic mass is 16.5. The second-order valence-electron chi connectivity index (χ2n) is 5.48. The van der Waals surface area contributed by atoms with Crippen molar-refractivity contribution in [3.05, 3.63) is 18.2 Å². The molecule has 2 unspecified atom stereocenters. The van der Waals surface area contributed by atoms with Crippen LogP contribution in [0.5, 0.6) is 5.75 Å². The molecule has 1 aromatic rings. The Morgan fingerprint density at radius 3 is 2.79 bits per heavy atom. The number of nitrogen functional groups attached to an aromatic ring is 1. The quantitative estimate of drug-likeness (QED) is 0.803. The van der Waals surface area contributed by atoms with Gasteiger partial charge in [-0.15, -0.1) is 0 Å². The standard InChI is InChI=1S/C15H24N2O2/c1-10(2)19-15-8-13(4-5-14(15)16)17-11(3)12-6-7-18-9-12/h4-5,8,10-12,17H,6-7,9,16H2,1-3H3. The van der Waals surface area contributed by atoms with Crippen molar-refractivity contribution >= 4 is 11.4 Å². The van der Waals surface area contributed by atoms with Gasteiger partial charge in [0, 0.05) is 30.3 Å². The Balaban J connectivity index is 2.03. The van der Waals surface area contributed by atoms with Crippen LogP contribution >= 0.6 is 0 Å². The number of hydrogen-bond donors (Lipinski definition) is 2. The minimum atomic E-state index is 0.123. The van der Waals surface area contributed by atoms with Crippen molar-refractivity contribution in [1.82, 2.24) is 0 Å². The molecule has 1 heterocycles. The Labute approximate surface area is 115 Å². The van der Waals surface area contributed by atoms with Crippen LogP contribution in [0, 0.1) is 5.92 Å². The molecule has 19 heavy (non-hydrogen) atoms. The highest BCUT2D eigenvalue weighted by Crippen LogP contribution is 2.28. The predicted molar refractivity (Wildman–Crippen MR) is 78.6 cm³/mol. The van der Waals surface area contributed by atoms with E-state index in [1.807, 2.05) is 32.0 Å². The molecule has 0 aromatic heterocycles. The number of hydrogen-bond acceptors (Lipinski definition) is 4. The first-order valence-electron chi connectivity index (χ1n) is 6.96. The van der Waals surface area contributed by atoms with Crippen LogP contribution in [0.4, 0.5) is 11.4 Å². The second kappa shape index (κ2) is 6.15. The molecule has 106 valence electrons. The monoisotopic (exact) mass is 264 g/mol. The van der Waals surface area contributed by atoms with Gasteiger partial charge in [-0.05, 0) is 39.3 Å². The number of anilines is 2. The molecule has 1 fully saturated rings. The van der Waals surface area contributed by atoms with E-state index in [2.05, 4.69) is 12.2 Å². The van der Waals surface area contributed by atoms with Crippen LogP contribution in [0.1, 0.15) is 27.2 Å². The zero-order valence-corrected chi connectivity index (χ0v) is 12.0. The summed E-state index contributed by atoms with van der Waals surface area (Å²) in [6, 6.07) is 6.24. The molecule has 0 radical (unpaired) electrons. The summed E-state index contributed by atoms with van der Waals surface area (Å²) in [6.45, 7) is 7.91. The molecule has 1 aliphatic heterocycles. The molecular formula is C15H24N2O2. The van der Waals surface area contributed by atoms with E-state index in [0.29, 0.717) is 17.6 Å². The molecule has 2 rings (SSSR count). The van der Waals surface area contributed by atoms with E-state index in [-0.39, 0.29) is 6.10 Å². The Morgan fingerprint density at radius 2 is 2.16 bits per heavy atom. The fraction of sp³-hybridized carbons (Fsp3) is 0.600. The first-order chi connectivity index (χ1) is 9.06. The third-order valence-corrected chi connectivity index (χ3v) is 3.44. The molecule has 3 N–H and O–H groups in total. The van der Waals surface area contributed by atoms with E-state index in [1.165, 1.54) is 0 Å². The van der Waals surface area contributed by atoms with Crippen LogP contribution in [0.15, 0.2) is 18.2 Å². The van der Waals surface area contributed by atoms with Gasteiger partial charge in [0.2, 0.25) is 0 Å². The molecule has 0 saturated carbocycles. The largest absolute Gasteiger partial charge is 0.489 e. The van der Waals surface area contributed by atoms with Crippen molar-refractivity contribution in [3.63, 3.8) is 0 Å². The molecule has 0 bridgehead atoms. The molecule has 0 amide bonds. The van der Waals surface area contributed by atoms with E-state index in [0.717, 1.165) is 31.1 Å². The van der Waals surface area contributed by atoms with E-state index < -0.39 is 0 Å². The average molecular weight is 264 g/mol. The summed E-state index contributed by atoms with van der Waals surface area (Å²) in [5.74, 6) is 1.32. The number of benzene rings is 1. The van der Waals surface area contributed by atoms with E-state index in [9.17, 15) is 0 Å². The zero-order valence-electron chi connectivity index (χ0n) is 12.0. The summed E-state index contributed by atoms with van der Waals surface area (Å²) in [4.78, 5) is 0. The maximum atomic E-state index is 5.92. The van der Waals surface area contributed by atoms with Gasteiger partial charge in [0.25, 0.3) is 0 Å². The van der Waals surface area contributed by atoms with Crippen molar-refractivity contribution in [1.29, 1.82) is 0 Å². The molecule has 4 nitrogen and oxygen atoms in total. The lowest BCUT2D eigenvalue weighted by Crippen LogP contribution is -2.26. The summed E-state index contributed by atoms with van der Waals surface area (Å²) in [7, 11) is 0. The van der Waals surface area contributed by atoms with Gasteiger partial charge < -0.3 is 20.5 Å². The Bertz CT molecular complexity index is 415. The van der Waals surface area contributed by atoms with Gasteiger partial charge in [-0.25, -0.2) is 0 Å². The third-order valence-electron chi connectivity index (χ3n) is 3.44. The van der Waals surface area contributed by atoms with Crippen LogP contribution in [-0.2, 0) is 4.74 Å². The lowest BCUT2D eigenvalue weighted by molar-refractivity contribution is 0.183. The smallest absolute Gasteiger partial charge is 0.144 e. The number of nitrogens with one attached hydrogen (secondary N) is 1. The SMILES string of the molecule is CC(C)Oc1cc(NC(C)C2CCOC2)ccc1N. The van der Waals surface area contributed by atoms with E-state index in [4.69, 9.17) is 15.2 Å². The summed E-state index contributed by atoms with van der Waals surface area (Å²) >= 11 is 0. The fourth-order valence-electron chi connectivity index (χ4n) is 2.31. The average Bonchev–Trinajstić information content (AvgIpc) is 2.86. The van der Waals surface area contributed by atoms with Gasteiger partial charge in [0.15, 0.2) is 0 Å². The molecule has 4 heteroatoms. The van der Waals surface area contributed by atoms with E-state index >= 15 is 0 Å². The van der Waals surface area contributed by atoms with Crippen LogP contribution in [0.3, 0.4) is 0 Å². The van der Waals surface area contributed by atoms with Gasteiger partial charge in [-0.3, -0.25) is 0 Å². The number of rotatable bonds is 5. The maximum absolute atomic E-state index is 5.92. The van der Waals surface area contributed by atoms with Gasteiger partial charge in [0.1, 0.15) is 5.75 Å². The first-order valence-corrected chi connectivity index (χ1v) is 6.96. The molecule has 0 aliphatic carbocycles. The minimum absolute atomic E-state index is 0.123. The molecule has 2 atom stereocenters. The normalized spacial score (nSPS) is 20.5. The van der Waals surface area contributed by atoms with Crippen molar-refractivity contribution in [3.8, 4) is 5.75 Å². The fourth-order valence-corrected chi connectivity index (χ4v) is 2.31. The second-order valence-corrected chi connectivity index (χ2v) is 5.48. The van der Waals surface area contributed by atoms with Crippen molar-refractivity contribution in [2.24, 2.45) is 5.92 Å². The lowest BCUT2D eigenvalue weighted by Gasteiger charge is -2.21. The highest BCUT2D eigenvalue weighted by Gasteiger charge is 2.22. The highest BCUT2D eigenvalue weighted by molar-refractivity contribution is 5.61.